The molecule has 0 aromatic heterocycles. The summed E-state index contributed by atoms with van der Waals surface area (Å²) >= 11 is 0. The number of nitrogens with one attached hydrogen (secondary N) is 1. The van der Waals surface area contributed by atoms with Crippen molar-refractivity contribution in [2.45, 2.75) is 19.1 Å². The highest BCUT2D eigenvalue weighted by Crippen LogP contribution is 2.25. The van der Waals surface area contributed by atoms with Crippen LogP contribution in [0.15, 0.2) is 36.4 Å². The Bertz CT molecular complexity index is 603. The van der Waals surface area contributed by atoms with Crippen LogP contribution in [-0.2, 0) is 19.1 Å². The Morgan fingerprint density at radius 1 is 1.12 bits per heavy atom. The van der Waals surface area contributed by atoms with Crippen molar-refractivity contribution in [1.82, 2.24) is 10.2 Å². The summed E-state index contributed by atoms with van der Waals surface area (Å²) in [7, 11) is 0. The van der Waals surface area contributed by atoms with Gasteiger partial charge in [0.2, 0.25) is 11.8 Å². The molecular weight excluding hydrogens is 320 g/mol. The second kappa shape index (κ2) is 8.78. The SMILES string of the molecule is O=C(/C=C/c1ccccc1)NCC(=O)N1CCC(C2OCCO2)CC1. The number of carbonyl (C=O) groups is 2. The third-order valence-corrected chi connectivity index (χ3v) is 4.57. The van der Waals surface area contributed by atoms with Gasteiger partial charge in [-0.2, -0.15) is 0 Å². The topological polar surface area (TPSA) is 67.9 Å². The normalized spacial score (nSPS) is 19.4. The van der Waals surface area contributed by atoms with E-state index in [0.29, 0.717) is 32.2 Å². The van der Waals surface area contributed by atoms with Gasteiger partial charge in [0.05, 0.1) is 19.8 Å². The number of carbonyl (C=O) groups excluding carboxylic acids is 2. The smallest absolute Gasteiger partial charge is 0.244 e. The van der Waals surface area contributed by atoms with Crippen molar-refractivity contribution < 1.29 is 19.1 Å². The fraction of sp³-hybridized carbons (Fsp3) is 0.474. The zero-order valence-corrected chi connectivity index (χ0v) is 14.2. The fourth-order valence-corrected chi connectivity index (χ4v) is 3.14. The number of likely N-dealkylation sites (tertiary alicyclic amines) is 1. The van der Waals surface area contributed by atoms with Gasteiger partial charge in [0.1, 0.15) is 0 Å². The molecule has 2 fully saturated rings. The van der Waals surface area contributed by atoms with Crippen molar-refractivity contribution in [3.05, 3.63) is 42.0 Å². The van der Waals surface area contributed by atoms with Gasteiger partial charge in [-0.3, -0.25) is 9.59 Å². The standard InChI is InChI=1S/C19H24N2O4/c22-17(7-6-15-4-2-1-3-5-15)20-14-18(23)21-10-8-16(9-11-21)19-24-12-13-25-19/h1-7,16,19H,8-14H2,(H,20,22)/b7-6+. The number of benzene rings is 1. The Labute approximate surface area is 147 Å². The summed E-state index contributed by atoms with van der Waals surface area (Å²) in [6.07, 6.45) is 4.81. The van der Waals surface area contributed by atoms with Crippen molar-refractivity contribution in [2.24, 2.45) is 5.92 Å². The second-order valence-electron chi connectivity index (χ2n) is 6.29. The second-order valence-corrected chi connectivity index (χ2v) is 6.29. The first-order chi connectivity index (χ1) is 12.2. The minimum absolute atomic E-state index is 0.0268. The van der Waals surface area contributed by atoms with Crippen molar-refractivity contribution in [3.63, 3.8) is 0 Å². The lowest BCUT2D eigenvalue weighted by atomic mass is 9.96. The molecule has 2 saturated heterocycles. The number of nitrogens with zero attached hydrogens (tertiary/aromatic N) is 1. The molecule has 0 aliphatic carbocycles. The van der Waals surface area contributed by atoms with E-state index in [1.807, 2.05) is 30.3 Å². The van der Waals surface area contributed by atoms with Crippen LogP contribution in [0.4, 0.5) is 0 Å². The predicted molar refractivity (Wildman–Crippen MR) is 93.5 cm³/mol. The molecule has 25 heavy (non-hydrogen) atoms. The first-order valence-electron chi connectivity index (χ1n) is 8.74. The van der Waals surface area contributed by atoms with Gasteiger partial charge in [-0.1, -0.05) is 30.3 Å². The first kappa shape index (κ1) is 17.6. The zero-order chi connectivity index (χ0) is 17.5. The molecule has 2 amide bonds. The molecule has 1 aromatic carbocycles. The van der Waals surface area contributed by atoms with Gasteiger partial charge < -0.3 is 19.7 Å². The fourth-order valence-electron chi connectivity index (χ4n) is 3.14. The Balaban J connectivity index is 1.38. The number of hydrogen-bond acceptors (Lipinski definition) is 4. The van der Waals surface area contributed by atoms with Crippen LogP contribution in [0.1, 0.15) is 18.4 Å². The van der Waals surface area contributed by atoms with Gasteiger partial charge in [-0.15, -0.1) is 0 Å². The summed E-state index contributed by atoms with van der Waals surface area (Å²) in [4.78, 5) is 25.9. The summed E-state index contributed by atoms with van der Waals surface area (Å²) in [5.41, 5.74) is 0.947. The molecule has 134 valence electrons. The maximum absolute atomic E-state index is 12.2. The van der Waals surface area contributed by atoms with E-state index in [-0.39, 0.29) is 24.6 Å². The molecule has 0 saturated carbocycles. The molecule has 0 bridgehead atoms. The molecule has 2 aliphatic heterocycles. The van der Waals surface area contributed by atoms with Gasteiger partial charge in [-0.05, 0) is 24.5 Å². The Hall–Kier alpha value is -2.18. The Kier molecular flexibility index (Phi) is 6.19. The number of rotatable bonds is 5. The van der Waals surface area contributed by atoms with E-state index >= 15 is 0 Å². The summed E-state index contributed by atoms with van der Waals surface area (Å²) < 4.78 is 11.1. The van der Waals surface area contributed by atoms with E-state index in [1.54, 1.807) is 11.0 Å². The molecule has 1 N–H and O–H groups in total. The van der Waals surface area contributed by atoms with E-state index in [0.717, 1.165) is 18.4 Å². The predicted octanol–water partition coefficient (Wildman–Crippen LogP) is 1.43. The minimum Gasteiger partial charge on any atom is -0.350 e. The quantitative estimate of drug-likeness (QED) is 0.821. The molecule has 0 spiro atoms. The Morgan fingerprint density at radius 3 is 2.48 bits per heavy atom. The lowest BCUT2D eigenvalue weighted by molar-refractivity contribution is -0.137. The van der Waals surface area contributed by atoms with Crippen molar-refractivity contribution in [1.29, 1.82) is 0 Å². The van der Waals surface area contributed by atoms with Gasteiger partial charge in [0.15, 0.2) is 6.29 Å². The Morgan fingerprint density at radius 2 is 1.80 bits per heavy atom. The molecule has 6 nitrogen and oxygen atoms in total. The summed E-state index contributed by atoms with van der Waals surface area (Å²) in [6, 6.07) is 9.57. The number of hydrogen-bond donors (Lipinski definition) is 1. The van der Waals surface area contributed by atoms with Gasteiger partial charge in [0, 0.05) is 25.1 Å². The molecule has 0 atom stereocenters. The van der Waals surface area contributed by atoms with Gasteiger partial charge in [-0.25, -0.2) is 0 Å². The summed E-state index contributed by atoms with van der Waals surface area (Å²) in [5, 5.41) is 2.65. The van der Waals surface area contributed by atoms with Crippen LogP contribution in [0.2, 0.25) is 0 Å². The average Bonchev–Trinajstić information content (AvgIpc) is 3.20. The van der Waals surface area contributed by atoms with Crippen LogP contribution in [0, 0.1) is 5.92 Å². The van der Waals surface area contributed by atoms with Crippen LogP contribution in [0.3, 0.4) is 0 Å². The van der Waals surface area contributed by atoms with Crippen LogP contribution >= 0.6 is 0 Å². The van der Waals surface area contributed by atoms with Gasteiger partial charge >= 0.3 is 0 Å². The molecule has 3 rings (SSSR count). The molecule has 6 heteroatoms. The summed E-state index contributed by atoms with van der Waals surface area (Å²) in [6.45, 7) is 2.71. The third kappa shape index (κ3) is 5.14. The van der Waals surface area contributed by atoms with Crippen molar-refractivity contribution in [2.75, 3.05) is 32.8 Å². The first-order valence-corrected chi connectivity index (χ1v) is 8.74. The molecule has 2 aliphatic rings. The molecule has 1 aromatic rings. The van der Waals surface area contributed by atoms with E-state index in [9.17, 15) is 9.59 Å². The maximum atomic E-state index is 12.2. The lowest BCUT2D eigenvalue weighted by Gasteiger charge is -2.33. The largest absolute Gasteiger partial charge is 0.350 e. The number of amides is 2. The van der Waals surface area contributed by atoms with E-state index in [4.69, 9.17) is 9.47 Å². The highest BCUT2D eigenvalue weighted by molar-refractivity contribution is 5.94. The average molecular weight is 344 g/mol. The van der Waals surface area contributed by atoms with Crippen molar-refractivity contribution >= 4 is 17.9 Å². The van der Waals surface area contributed by atoms with E-state index in [1.165, 1.54) is 6.08 Å². The maximum Gasteiger partial charge on any atom is 0.244 e. The molecule has 0 unspecified atom stereocenters. The number of ether oxygens (including phenoxy) is 2. The van der Waals surface area contributed by atoms with E-state index in [2.05, 4.69) is 5.32 Å². The van der Waals surface area contributed by atoms with Crippen LogP contribution < -0.4 is 5.32 Å². The zero-order valence-electron chi connectivity index (χ0n) is 14.2. The molecule has 0 radical (unpaired) electrons. The van der Waals surface area contributed by atoms with Crippen LogP contribution in [0.25, 0.3) is 6.08 Å². The summed E-state index contributed by atoms with van der Waals surface area (Å²) in [5.74, 6) is 0.0444. The highest BCUT2D eigenvalue weighted by atomic mass is 16.7. The van der Waals surface area contributed by atoms with E-state index < -0.39 is 0 Å². The lowest BCUT2D eigenvalue weighted by Crippen LogP contribution is -2.45. The van der Waals surface area contributed by atoms with Crippen LogP contribution in [0.5, 0.6) is 0 Å². The number of piperidine rings is 1. The highest BCUT2D eigenvalue weighted by Gasteiger charge is 2.31. The van der Waals surface area contributed by atoms with Crippen molar-refractivity contribution in [3.8, 4) is 0 Å². The third-order valence-electron chi connectivity index (χ3n) is 4.57. The monoisotopic (exact) mass is 344 g/mol. The van der Waals surface area contributed by atoms with Crippen LogP contribution in [-0.4, -0.2) is 55.9 Å². The minimum atomic E-state index is -0.264. The van der Waals surface area contributed by atoms with Gasteiger partial charge in [0.25, 0.3) is 0 Å². The molecular formula is C19H24N2O4. The molecule has 2 heterocycles.